The molecule has 1 amide bonds. The number of aryl methyl sites for hydroxylation is 1. The molecule has 126 valence electrons. The Hall–Kier alpha value is -2.56. The van der Waals surface area contributed by atoms with Crippen molar-refractivity contribution in [2.24, 2.45) is 0 Å². The lowest BCUT2D eigenvalue weighted by Gasteiger charge is -2.35. The van der Waals surface area contributed by atoms with Crippen LogP contribution >= 0.6 is 0 Å². The second kappa shape index (κ2) is 7.81. The van der Waals surface area contributed by atoms with Gasteiger partial charge in [-0.05, 0) is 30.2 Å². The number of carbonyl (C=O) groups is 1. The van der Waals surface area contributed by atoms with E-state index in [0.29, 0.717) is 6.54 Å². The number of aromatic nitrogens is 1. The van der Waals surface area contributed by atoms with Crippen LogP contribution in [-0.2, 0) is 11.2 Å². The van der Waals surface area contributed by atoms with Crippen molar-refractivity contribution in [1.29, 1.82) is 0 Å². The molecular weight excluding hydrogens is 300 g/mol. The molecule has 0 aliphatic carbocycles. The minimum Gasteiger partial charge on any atom is -0.376 e. The van der Waals surface area contributed by atoms with E-state index >= 15 is 0 Å². The fraction of sp³-hybridized carbons (Fsp3) is 0.368. The van der Waals surface area contributed by atoms with Crippen LogP contribution in [0.4, 0.5) is 11.5 Å². The van der Waals surface area contributed by atoms with Crippen molar-refractivity contribution >= 4 is 17.4 Å². The first-order valence-corrected chi connectivity index (χ1v) is 8.53. The third kappa shape index (κ3) is 3.85. The predicted molar refractivity (Wildman–Crippen MR) is 97.3 cm³/mol. The molecule has 2 aromatic rings. The molecule has 0 saturated carbocycles. The van der Waals surface area contributed by atoms with Crippen LogP contribution in [0, 0.1) is 0 Å². The van der Waals surface area contributed by atoms with Gasteiger partial charge in [-0.25, -0.2) is 4.98 Å². The average Bonchev–Trinajstić information content (AvgIpc) is 2.67. The van der Waals surface area contributed by atoms with Gasteiger partial charge in [-0.3, -0.25) is 4.79 Å². The summed E-state index contributed by atoms with van der Waals surface area (Å²) in [6, 6.07) is 14.1. The van der Waals surface area contributed by atoms with Gasteiger partial charge in [-0.2, -0.15) is 0 Å². The summed E-state index contributed by atoms with van der Waals surface area (Å²) in [5.74, 6) is 1.14. The molecule has 5 heteroatoms. The van der Waals surface area contributed by atoms with Crippen LogP contribution in [0.2, 0.25) is 0 Å². The zero-order valence-corrected chi connectivity index (χ0v) is 14.1. The third-order valence-corrected chi connectivity index (χ3v) is 4.43. The van der Waals surface area contributed by atoms with Crippen LogP contribution < -0.4 is 10.2 Å². The summed E-state index contributed by atoms with van der Waals surface area (Å²) < 4.78 is 0. The molecule has 1 fully saturated rings. The van der Waals surface area contributed by atoms with Gasteiger partial charge in [-0.1, -0.05) is 31.2 Å². The molecule has 0 radical (unpaired) electrons. The zero-order valence-electron chi connectivity index (χ0n) is 14.1. The van der Waals surface area contributed by atoms with Gasteiger partial charge in [0.05, 0.1) is 6.54 Å². The molecule has 24 heavy (non-hydrogen) atoms. The topological polar surface area (TPSA) is 48.5 Å². The van der Waals surface area contributed by atoms with Crippen LogP contribution in [0.25, 0.3) is 0 Å². The van der Waals surface area contributed by atoms with Crippen molar-refractivity contribution in [2.75, 3.05) is 42.9 Å². The number of amides is 1. The van der Waals surface area contributed by atoms with E-state index in [2.05, 4.69) is 28.2 Å². The Morgan fingerprint density at radius 3 is 2.54 bits per heavy atom. The lowest BCUT2D eigenvalue weighted by Crippen LogP contribution is -2.50. The standard InChI is InChI=1S/C19H24N4O/c1-2-16-7-3-4-8-17(16)21-15-19(24)23-13-11-22(12-14-23)18-9-5-6-10-20-18/h3-10,21H,2,11-15H2,1H3. The van der Waals surface area contributed by atoms with E-state index in [0.717, 1.165) is 44.1 Å². The van der Waals surface area contributed by atoms with E-state index < -0.39 is 0 Å². The molecule has 1 aliphatic rings. The minimum atomic E-state index is 0.154. The van der Waals surface area contributed by atoms with E-state index in [1.54, 1.807) is 0 Å². The Kier molecular flexibility index (Phi) is 5.31. The highest BCUT2D eigenvalue weighted by Crippen LogP contribution is 2.16. The van der Waals surface area contributed by atoms with E-state index in [1.807, 2.05) is 47.5 Å². The summed E-state index contributed by atoms with van der Waals surface area (Å²) in [5.41, 5.74) is 2.30. The maximum atomic E-state index is 12.4. The van der Waals surface area contributed by atoms with Gasteiger partial charge < -0.3 is 15.1 Å². The van der Waals surface area contributed by atoms with Crippen LogP contribution in [-0.4, -0.2) is 48.5 Å². The smallest absolute Gasteiger partial charge is 0.241 e. The summed E-state index contributed by atoms with van der Waals surface area (Å²) in [5, 5.41) is 3.29. The predicted octanol–water partition coefficient (Wildman–Crippen LogP) is 2.40. The maximum Gasteiger partial charge on any atom is 0.241 e. The van der Waals surface area contributed by atoms with E-state index in [1.165, 1.54) is 5.56 Å². The van der Waals surface area contributed by atoms with E-state index in [4.69, 9.17) is 0 Å². The summed E-state index contributed by atoms with van der Waals surface area (Å²) in [6.07, 6.45) is 2.77. The van der Waals surface area contributed by atoms with Crippen molar-refractivity contribution in [1.82, 2.24) is 9.88 Å². The van der Waals surface area contributed by atoms with Crippen LogP contribution in [0.3, 0.4) is 0 Å². The largest absolute Gasteiger partial charge is 0.376 e. The SMILES string of the molecule is CCc1ccccc1NCC(=O)N1CCN(c2ccccn2)CC1. The number of hydrogen-bond acceptors (Lipinski definition) is 4. The molecule has 5 nitrogen and oxygen atoms in total. The number of piperazine rings is 1. The molecule has 1 N–H and O–H groups in total. The molecular formula is C19H24N4O. The van der Waals surface area contributed by atoms with Crippen molar-refractivity contribution in [3.63, 3.8) is 0 Å². The highest BCUT2D eigenvalue weighted by molar-refractivity contribution is 5.81. The molecule has 0 atom stereocenters. The van der Waals surface area contributed by atoms with Gasteiger partial charge in [-0.15, -0.1) is 0 Å². The number of nitrogens with zero attached hydrogens (tertiary/aromatic N) is 3. The second-order valence-electron chi connectivity index (χ2n) is 5.92. The number of rotatable bonds is 5. The molecule has 1 aliphatic heterocycles. The summed E-state index contributed by atoms with van der Waals surface area (Å²) in [4.78, 5) is 21.0. The minimum absolute atomic E-state index is 0.154. The first-order chi connectivity index (χ1) is 11.8. The Balaban J connectivity index is 1.50. The Bertz CT molecular complexity index is 666. The lowest BCUT2D eigenvalue weighted by molar-refractivity contribution is -0.129. The molecule has 3 rings (SSSR count). The second-order valence-corrected chi connectivity index (χ2v) is 5.92. The number of pyridine rings is 1. The fourth-order valence-corrected chi connectivity index (χ4v) is 3.01. The number of carbonyl (C=O) groups excluding carboxylic acids is 1. The van der Waals surface area contributed by atoms with E-state index in [9.17, 15) is 4.79 Å². The van der Waals surface area contributed by atoms with Crippen molar-refractivity contribution in [2.45, 2.75) is 13.3 Å². The fourth-order valence-electron chi connectivity index (χ4n) is 3.01. The van der Waals surface area contributed by atoms with Gasteiger partial charge >= 0.3 is 0 Å². The third-order valence-electron chi connectivity index (χ3n) is 4.43. The van der Waals surface area contributed by atoms with Gasteiger partial charge in [0, 0.05) is 38.1 Å². The Labute approximate surface area is 143 Å². The maximum absolute atomic E-state index is 12.4. The van der Waals surface area contributed by atoms with Crippen molar-refractivity contribution in [3.05, 3.63) is 54.2 Å². The number of nitrogens with one attached hydrogen (secondary N) is 1. The number of benzene rings is 1. The quantitative estimate of drug-likeness (QED) is 0.917. The van der Waals surface area contributed by atoms with Crippen LogP contribution in [0.1, 0.15) is 12.5 Å². The average molecular weight is 324 g/mol. The normalized spacial score (nSPS) is 14.5. The number of hydrogen-bond donors (Lipinski definition) is 1. The molecule has 0 bridgehead atoms. The van der Waals surface area contributed by atoms with Crippen molar-refractivity contribution in [3.8, 4) is 0 Å². The van der Waals surface area contributed by atoms with Gasteiger partial charge in [0.2, 0.25) is 5.91 Å². The van der Waals surface area contributed by atoms with Crippen molar-refractivity contribution < 1.29 is 4.79 Å². The van der Waals surface area contributed by atoms with Crippen LogP contribution in [0.5, 0.6) is 0 Å². The Morgan fingerprint density at radius 2 is 1.83 bits per heavy atom. The van der Waals surface area contributed by atoms with Gasteiger partial charge in [0.25, 0.3) is 0 Å². The monoisotopic (exact) mass is 324 g/mol. The molecule has 1 aromatic carbocycles. The molecule has 1 saturated heterocycles. The highest BCUT2D eigenvalue weighted by atomic mass is 16.2. The molecule has 2 heterocycles. The molecule has 0 spiro atoms. The first kappa shape index (κ1) is 16.3. The summed E-state index contributed by atoms with van der Waals surface area (Å²) in [7, 11) is 0. The molecule has 0 unspecified atom stereocenters. The first-order valence-electron chi connectivity index (χ1n) is 8.53. The Morgan fingerprint density at radius 1 is 1.08 bits per heavy atom. The molecule has 1 aromatic heterocycles. The van der Waals surface area contributed by atoms with Gasteiger partial charge in [0.15, 0.2) is 0 Å². The number of anilines is 2. The zero-order chi connectivity index (χ0) is 16.8. The van der Waals surface area contributed by atoms with E-state index in [-0.39, 0.29) is 5.91 Å². The van der Waals surface area contributed by atoms with Gasteiger partial charge in [0.1, 0.15) is 5.82 Å². The van der Waals surface area contributed by atoms with Crippen LogP contribution in [0.15, 0.2) is 48.7 Å². The highest BCUT2D eigenvalue weighted by Gasteiger charge is 2.21. The summed E-state index contributed by atoms with van der Waals surface area (Å²) in [6.45, 7) is 5.61. The lowest BCUT2D eigenvalue weighted by atomic mass is 10.1. The number of para-hydroxylation sites is 1. The summed E-state index contributed by atoms with van der Waals surface area (Å²) >= 11 is 0.